The molecule has 4 heteroatoms. The van der Waals surface area contributed by atoms with E-state index in [2.05, 4.69) is 196 Å². The van der Waals surface area contributed by atoms with Crippen molar-refractivity contribution in [1.29, 1.82) is 0 Å². The highest BCUT2D eigenvalue weighted by Crippen LogP contribution is 2.41. The summed E-state index contributed by atoms with van der Waals surface area (Å²) >= 11 is 1.76. The molecule has 0 aliphatic heterocycles. The largest absolute Gasteiger partial charge is 0.310 e. The van der Waals surface area contributed by atoms with Gasteiger partial charge in [0.15, 0.2) is 0 Å². The summed E-state index contributed by atoms with van der Waals surface area (Å²) in [6.07, 6.45) is 1.93. The summed E-state index contributed by atoms with van der Waals surface area (Å²) in [5.41, 5.74) is 11.7. The Morgan fingerprint density at radius 3 is 1.76 bits per heavy atom. The molecule has 0 spiro atoms. The molecule has 0 fully saturated rings. The van der Waals surface area contributed by atoms with E-state index >= 15 is 0 Å². The minimum atomic E-state index is 1.08. The van der Waals surface area contributed by atoms with Gasteiger partial charge in [-0.3, -0.25) is 0 Å². The van der Waals surface area contributed by atoms with Crippen LogP contribution in [0.2, 0.25) is 0 Å². The highest BCUT2D eigenvalue weighted by Gasteiger charge is 2.17. The van der Waals surface area contributed by atoms with Crippen LogP contribution in [0.1, 0.15) is 0 Å². The van der Waals surface area contributed by atoms with Crippen molar-refractivity contribution in [1.82, 2.24) is 9.55 Å². The lowest BCUT2D eigenvalue weighted by Crippen LogP contribution is -2.09. The lowest BCUT2D eigenvalue weighted by molar-refractivity contribution is 1.18. The molecule has 3 heterocycles. The fraction of sp³-hybridized carbons (Fsp3) is 0. The summed E-state index contributed by atoms with van der Waals surface area (Å²) in [6, 6.07) is 65.4. The van der Waals surface area contributed by atoms with Gasteiger partial charge in [-0.05, 0) is 95.1 Å². The number of para-hydroxylation sites is 3. The van der Waals surface area contributed by atoms with Crippen LogP contribution in [0, 0.1) is 0 Å². The van der Waals surface area contributed by atoms with Crippen molar-refractivity contribution in [3.63, 3.8) is 0 Å². The van der Waals surface area contributed by atoms with Crippen molar-refractivity contribution in [3.05, 3.63) is 188 Å². The van der Waals surface area contributed by atoms with E-state index in [1.807, 2.05) is 6.20 Å². The molecule has 0 saturated carbocycles. The molecule has 10 aromatic rings. The predicted molar refractivity (Wildman–Crippen MR) is 217 cm³/mol. The number of pyridine rings is 1. The van der Waals surface area contributed by atoms with Crippen LogP contribution in [0.3, 0.4) is 0 Å². The third-order valence-corrected chi connectivity index (χ3v) is 11.0. The molecule has 7 aromatic carbocycles. The van der Waals surface area contributed by atoms with Gasteiger partial charge in [0.1, 0.15) is 4.83 Å². The van der Waals surface area contributed by atoms with Crippen molar-refractivity contribution in [2.75, 3.05) is 4.90 Å². The summed E-state index contributed by atoms with van der Waals surface area (Å²) in [5, 5.41) is 4.97. The second-order valence-electron chi connectivity index (χ2n) is 12.8. The maximum absolute atomic E-state index is 4.69. The number of hydrogen-bond acceptors (Lipinski definition) is 3. The molecular formula is C47H31N3S. The number of rotatable bonds is 6. The zero-order valence-corrected chi connectivity index (χ0v) is 28.5. The van der Waals surface area contributed by atoms with Gasteiger partial charge in [0.2, 0.25) is 0 Å². The molecule has 240 valence electrons. The molecule has 3 aromatic heterocycles. The maximum atomic E-state index is 4.69. The van der Waals surface area contributed by atoms with Gasteiger partial charge >= 0.3 is 0 Å². The minimum absolute atomic E-state index is 1.08. The second-order valence-corrected chi connectivity index (χ2v) is 13.9. The molecule has 0 aliphatic carbocycles. The predicted octanol–water partition coefficient (Wildman–Crippen LogP) is 13.4. The molecule has 0 aliphatic rings. The molecule has 0 radical (unpaired) electrons. The van der Waals surface area contributed by atoms with Crippen molar-refractivity contribution in [3.8, 4) is 27.9 Å². The molecule has 0 N–H and O–H groups in total. The zero-order chi connectivity index (χ0) is 33.7. The first kappa shape index (κ1) is 29.4. The fourth-order valence-corrected chi connectivity index (χ4v) is 8.58. The van der Waals surface area contributed by atoms with Gasteiger partial charge in [0.05, 0.1) is 11.0 Å². The van der Waals surface area contributed by atoms with Crippen LogP contribution in [0.4, 0.5) is 17.1 Å². The van der Waals surface area contributed by atoms with E-state index in [1.54, 1.807) is 11.3 Å². The van der Waals surface area contributed by atoms with Crippen LogP contribution in [-0.2, 0) is 0 Å². The van der Waals surface area contributed by atoms with Crippen LogP contribution in [-0.4, -0.2) is 9.55 Å². The second kappa shape index (κ2) is 12.1. The van der Waals surface area contributed by atoms with Crippen LogP contribution in [0.5, 0.6) is 0 Å². The van der Waals surface area contributed by atoms with Crippen LogP contribution in [0.15, 0.2) is 188 Å². The topological polar surface area (TPSA) is 21.1 Å². The van der Waals surface area contributed by atoms with Crippen molar-refractivity contribution in [2.45, 2.75) is 0 Å². The first-order chi connectivity index (χ1) is 25.3. The quantitative estimate of drug-likeness (QED) is 0.176. The lowest BCUT2D eigenvalue weighted by atomic mass is 9.98. The number of anilines is 3. The highest BCUT2D eigenvalue weighted by molar-refractivity contribution is 7.25. The van der Waals surface area contributed by atoms with E-state index in [0.717, 1.165) is 27.6 Å². The van der Waals surface area contributed by atoms with Gasteiger partial charge in [-0.15, -0.1) is 11.3 Å². The van der Waals surface area contributed by atoms with E-state index in [9.17, 15) is 0 Å². The zero-order valence-electron chi connectivity index (χ0n) is 27.6. The number of thiophene rings is 1. The van der Waals surface area contributed by atoms with Crippen molar-refractivity contribution in [2.24, 2.45) is 0 Å². The van der Waals surface area contributed by atoms with Crippen LogP contribution < -0.4 is 4.90 Å². The van der Waals surface area contributed by atoms with Crippen LogP contribution >= 0.6 is 11.3 Å². The lowest BCUT2D eigenvalue weighted by Gasteiger charge is -2.25. The molecule has 10 rings (SSSR count). The first-order valence-electron chi connectivity index (χ1n) is 17.2. The van der Waals surface area contributed by atoms with Gasteiger partial charge in [-0.25, -0.2) is 4.98 Å². The first-order valence-corrected chi connectivity index (χ1v) is 18.0. The van der Waals surface area contributed by atoms with Gasteiger partial charge in [-0.2, -0.15) is 0 Å². The third-order valence-electron chi connectivity index (χ3n) is 9.88. The molecule has 0 amide bonds. The Morgan fingerprint density at radius 1 is 0.451 bits per heavy atom. The normalized spacial score (nSPS) is 11.5. The number of nitrogens with zero attached hydrogens (tertiary/aromatic N) is 3. The van der Waals surface area contributed by atoms with E-state index in [0.29, 0.717) is 0 Å². The molecule has 0 atom stereocenters. The summed E-state index contributed by atoms with van der Waals surface area (Å²) in [4.78, 5) is 8.10. The van der Waals surface area contributed by atoms with E-state index in [-0.39, 0.29) is 0 Å². The van der Waals surface area contributed by atoms with Gasteiger partial charge in [0.25, 0.3) is 0 Å². The van der Waals surface area contributed by atoms with E-state index < -0.39 is 0 Å². The number of fused-ring (bicyclic) bond motifs is 6. The average Bonchev–Trinajstić information content (AvgIpc) is 3.75. The molecular weight excluding hydrogens is 639 g/mol. The molecule has 0 bridgehead atoms. The Morgan fingerprint density at radius 2 is 1.04 bits per heavy atom. The Kier molecular flexibility index (Phi) is 7.00. The SMILES string of the molecule is c1ccc(N(c2ccccc2)c2ccc3c(c2)c2ccccc2n3-c2ccc(-c3ccc(-c4ccnc5sc6ccccc6c45)cc3)cc2)cc1. The standard InChI is InChI=1S/C47H31N3S/c1-3-11-35(12-4-1)49(36-13-5-2-6-14-36)38-27-28-44-42(31-38)40-15-7-9-17-43(40)50(44)37-25-23-33(24-26-37)32-19-21-34(22-20-32)39-29-30-48-47-46(39)41-16-8-10-18-45(41)51-47/h1-31H. The summed E-state index contributed by atoms with van der Waals surface area (Å²) < 4.78 is 3.66. The molecule has 0 saturated heterocycles. The van der Waals surface area contributed by atoms with Gasteiger partial charge < -0.3 is 9.47 Å². The fourth-order valence-electron chi connectivity index (χ4n) is 7.51. The van der Waals surface area contributed by atoms with E-state index in [4.69, 9.17) is 0 Å². The Bertz CT molecular complexity index is 2790. The van der Waals surface area contributed by atoms with Gasteiger partial charge in [0, 0.05) is 55.2 Å². The Labute approximate surface area is 299 Å². The smallest absolute Gasteiger partial charge is 0.125 e. The summed E-state index contributed by atoms with van der Waals surface area (Å²) in [5.74, 6) is 0. The van der Waals surface area contributed by atoms with Crippen molar-refractivity contribution >= 4 is 70.5 Å². The maximum Gasteiger partial charge on any atom is 0.125 e. The summed E-state index contributed by atoms with van der Waals surface area (Å²) in [6.45, 7) is 0. The van der Waals surface area contributed by atoms with Gasteiger partial charge in [-0.1, -0.05) is 109 Å². The minimum Gasteiger partial charge on any atom is -0.310 e. The Hall–Kier alpha value is -6.49. The number of hydrogen-bond donors (Lipinski definition) is 0. The monoisotopic (exact) mass is 669 g/mol. The average molecular weight is 670 g/mol. The molecule has 0 unspecified atom stereocenters. The van der Waals surface area contributed by atoms with E-state index in [1.165, 1.54) is 59.5 Å². The molecule has 3 nitrogen and oxygen atoms in total. The number of aromatic nitrogens is 2. The van der Waals surface area contributed by atoms with Crippen molar-refractivity contribution < 1.29 is 0 Å². The highest BCUT2D eigenvalue weighted by atomic mass is 32.1. The summed E-state index contributed by atoms with van der Waals surface area (Å²) in [7, 11) is 0. The van der Waals surface area contributed by atoms with Crippen LogP contribution in [0.25, 0.3) is 70.0 Å². The molecule has 51 heavy (non-hydrogen) atoms. The Balaban J connectivity index is 1.02. The number of benzene rings is 7. The third kappa shape index (κ3) is 5.00.